The summed E-state index contributed by atoms with van der Waals surface area (Å²) in [6, 6.07) is 19.7. The van der Waals surface area contributed by atoms with Gasteiger partial charge >= 0.3 is 0 Å². The highest BCUT2D eigenvalue weighted by Gasteiger charge is 2.49. The van der Waals surface area contributed by atoms with Crippen molar-refractivity contribution in [3.63, 3.8) is 0 Å². The molecule has 0 fully saturated rings. The van der Waals surface area contributed by atoms with E-state index in [1.165, 1.54) is 18.2 Å². The summed E-state index contributed by atoms with van der Waals surface area (Å²) in [6.45, 7) is 3.50. The second-order valence-electron chi connectivity index (χ2n) is 7.07. The number of carbonyl (C=O) groups is 1. The highest BCUT2D eigenvalue weighted by molar-refractivity contribution is 7.91. The van der Waals surface area contributed by atoms with E-state index in [0.717, 1.165) is 10.6 Å². The lowest BCUT2D eigenvalue weighted by Gasteiger charge is -2.30. The molecule has 1 aliphatic heterocycles. The lowest BCUT2D eigenvalue weighted by molar-refractivity contribution is 0.0815. The minimum absolute atomic E-state index is 0.0224. The van der Waals surface area contributed by atoms with Crippen LogP contribution < -0.4 is 5.06 Å². The molecule has 28 heavy (non-hydrogen) atoms. The summed E-state index contributed by atoms with van der Waals surface area (Å²) in [7, 11) is -3.77. The van der Waals surface area contributed by atoms with E-state index in [2.05, 4.69) is 0 Å². The Morgan fingerprint density at radius 3 is 2.14 bits per heavy atom. The third-order valence-corrected chi connectivity index (χ3v) is 7.05. The Kier molecular flexibility index (Phi) is 4.14. The van der Waals surface area contributed by atoms with E-state index in [1.807, 2.05) is 13.0 Å². The van der Waals surface area contributed by atoms with Crippen LogP contribution in [0, 0.1) is 6.92 Å². The van der Waals surface area contributed by atoms with Crippen LogP contribution >= 0.6 is 0 Å². The third-order valence-electron chi connectivity index (χ3n) is 5.28. The molecule has 3 aromatic carbocycles. The van der Waals surface area contributed by atoms with Gasteiger partial charge in [-0.25, -0.2) is 13.5 Å². The van der Waals surface area contributed by atoms with Crippen molar-refractivity contribution in [1.29, 1.82) is 0 Å². The molecular weight excluding hydrogens is 374 g/mol. The summed E-state index contributed by atoms with van der Waals surface area (Å²) < 4.78 is 26.0. The first-order chi connectivity index (χ1) is 13.3. The zero-order valence-corrected chi connectivity index (χ0v) is 16.3. The first kappa shape index (κ1) is 18.4. The average molecular weight is 393 g/mol. The molecule has 0 saturated carbocycles. The Morgan fingerprint density at radius 1 is 0.893 bits per heavy atom. The summed E-state index contributed by atoms with van der Waals surface area (Å²) in [5.74, 6) is -0.350. The molecular formula is C22H19NO4S. The molecule has 142 valence electrons. The van der Waals surface area contributed by atoms with Gasteiger partial charge in [0.2, 0.25) is 9.84 Å². The van der Waals surface area contributed by atoms with E-state index in [0.29, 0.717) is 11.3 Å². The van der Waals surface area contributed by atoms with Gasteiger partial charge in [-0.2, -0.15) is 0 Å². The number of sulfone groups is 1. The fourth-order valence-electron chi connectivity index (χ4n) is 3.52. The zero-order chi connectivity index (χ0) is 20.1. The molecule has 1 unspecified atom stereocenters. The lowest BCUT2D eigenvalue weighted by Crippen LogP contribution is -2.43. The van der Waals surface area contributed by atoms with E-state index in [9.17, 15) is 18.4 Å². The van der Waals surface area contributed by atoms with E-state index in [1.54, 1.807) is 55.5 Å². The van der Waals surface area contributed by atoms with Crippen molar-refractivity contribution in [2.24, 2.45) is 0 Å². The molecule has 1 heterocycles. The van der Waals surface area contributed by atoms with Gasteiger partial charge < -0.3 is 0 Å². The topological polar surface area (TPSA) is 74.7 Å². The van der Waals surface area contributed by atoms with Crippen molar-refractivity contribution in [3.05, 3.63) is 89.5 Å². The van der Waals surface area contributed by atoms with Gasteiger partial charge in [0.1, 0.15) is 0 Å². The Morgan fingerprint density at radius 2 is 1.50 bits per heavy atom. The van der Waals surface area contributed by atoms with Crippen LogP contribution in [0.25, 0.3) is 0 Å². The number of anilines is 1. The van der Waals surface area contributed by atoms with Gasteiger partial charge in [-0.1, -0.05) is 48.0 Å². The number of hydroxylamine groups is 1. The highest BCUT2D eigenvalue weighted by Crippen LogP contribution is 2.44. The van der Waals surface area contributed by atoms with Crippen LogP contribution in [0.2, 0.25) is 0 Å². The fraction of sp³-hybridized carbons (Fsp3) is 0.136. The largest absolute Gasteiger partial charge is 0.291 e. The number of nitrogens with zero attached hydrogens (tertiary/aromatic N) is 1. The maximum atomic E-state index is 13.2. The zero-order valence-electron chi connectivity index (χ0n) is 15.5. The quantitative estimate of drug-likeness (QED) is 0.724. The number of aryl methyl sites for hydroxylation is 1. The molecule has 5 nitrogen and oxygen atoms in total. The number of benzene rings is 3. The third kappa shape index (κ3) is 2.57. The monoisotopic (exact) mass is 393 g/mol. The number of Topliss-reactive ketones (excluding diaryl/α,β-unsaturated/α-hetero) is 1. The van der Waals surface area contributed by atoms with Crippen LogP contribution in [-0.4, -0.2) is 19.4 Å². The first-order valence-electron chi connectivity index (χ1n) is 8.81. The summed E-state index contributed by atoms with van der Waals surface area (Å²) in [5, 5.41) is 11.6. The molecule has 3 aromatic rings. The van der Waals surface area contributed by atoms with E-state index in [-0.39, 0.29) is 21.1 Å². The Bertz CT molecular complexity index is 1170. The van der Waals surface area contributed by atoms with Gasteiger partial charge in [0.25, 0.3) is 0 Å². The molecule has 0 bridgehead atoms. The molecule has 1 N–H and O–H groups in total. The maximum Gasteiger partial charge on any atom is 0.206 e. The molecule has 0 aromatic heterocycles. The van der Waals surface area contributed by atoms with Crippen molar-refractivity contribution in [1.82, 2.24) is 0 Å². The van der Waals surface area contributed by atoms with Gasteiger partial charge in [-0.05, 0) is 49.7 Å². The Labute approximate surface area is 163 Å². The SMILES string of the molecule is Cc1ccc(S(=O)(=O)c2ccc3c(c2)C(=O)C(C)(c2ccccc2)N3O)cc1. The van der Waals surface area contributed by atoms with E-state index in [4.69, 9.17) is 0 Å². The fourth-order valence-corrected chi connectivity index (χ4v) is 4.80. The van der Waals surface area contributed by atoms with Crippen LogP contribution in [0.4, 0.5) is 5.69 Å². The Hall–Kier alpha value is -2.96. The number of fused-ring (bicyclic) bond motifs is 1. The molecule has 0 saturated heterocycles. The number of hydrogen-bond donors (Lipinski definition) is 1. The molecule has 1 aliphatic rings. The van der Waals surface area contributed by atoms with Crippen LogP contribution in [0.1, 0.15) is 28.4 Å². The second kappa shape index (κ2) is 6.29. The highest BCUT2D eigenvalue weighted by atomic mass is 32.2. The first-order valence-corrected chi connectivity index (χ1v) is 10.3. The van der Waals surface area contributed by atoms with Crippen molar-refractivity contribution in [3.8, 4) is 0 Å². The Balaban J connectivity index is 1.82. The second-order valence-corrected chi connectivity index (χ2v) is 9.02. The molecule has 0 amide bonds. The molecule has 6 heteroatoms. The summed E-state index contributed by atoms with van der Waals surface area (Å²) in [5.41, 5.74) is 0.746. The lowest BCUT2D eigenvalue weighted by atomic mass is 9.87. The molecule has 4 rings (SSSR count). The summed E-state index contributed by atoms with van der Waals surface area (Å²) >= 11 is 0. The van der Waals surface area contributed by atoms with Gasteiger partial charge in [-0.15, -0.1) is 0 Å². The predicted molar refractivity (Wildman–Crippen MR) is 105 cm³/mol. The number of carbonyl (C=O) groups excluding carboxylic acids is 1. The van der Waals surface area contributed by atoms with Gasteiger partial charge in [-0.3, -0.25) is 10.0 Å². The summed E-state index contributed by atoms with van der Waals surface area (Å²) in [6.07, 6.45) is 0. The van der Waals surface area contributed by atoms with Gasteiger partial charge in [0.05, 0.1) is 15.5 Å². The standard InChI is InChI=1S/C22H19NO4S/c1-15-8-10-17(11-9-15)28(26,27)18-12-13-20-19(14-18)21(24)22(2,23(20)25)16-6-4-3-5-7-16/h3-14,25H,1-2H3. The van der Waals surface area contributed by atoms with Gasteiger partial charge in [0, 0.05) is 5.56 Å². The average Bonchev–Trinajstić information content (AvgIpc) is 2.91. The minimum Gasteiger partial charge on any atom is -0.291 e. The van der Waals surface area contributed by atoms with E-state index < -0.39 is 15.4 Å². The smallest absolute Gasteiger partial charge is 0.206 e. The van der Waals surface area contributed by atoms with Crippen molar-refractivity contribution < 1.29 is 18.4 Å². The molecule has 0 spiro atoms. The minimum atomic E-state index is -3.77. The van der Waals surface area contributed by atoms with Crippen LogP contribution in [0.5, 0.6) is 0 Å². The molecule has 0 radical (unpaired) electrons. The summed E-state index contributed by atoms with van der Waals surface area (Å²) in [4.78, 5) is 13.4. The van der Waals surface area contributed by atoms with Crippen molar-refractivity contribution in [2.45, 2.75) is 29.2 Å². The number of hydrogen-bond acceptors (Lipinski definition) is 5. The van der Waals surface area contributed by atoms with Crippen molar-refractivity contribution in [2.75, 3.05) is 5.06 Å². The predicted octanol–water partition coefficient (Wildman–Crippen LogP) is 4.14. The normalized spacial score (nSPS) is 19.0. The number of ketones is 1. The maximum absolute atomic E-state index is 13.2. The van der Waals surface area contributed by atoms with Crippen LogP contribution in [0.15, 0.2) is 82.6 Å². The van der Waals surface area contributed by atoms with Crippen LogP contribution in [0.3, 0.4) is 0 Å². The molecule has 1 atom stereocenters. The van der Waals surface area contributed by atoms with E-state index >= 15 is 0 Å². The van der Waals surface area contributed by atoms with Crippen LogP contribution in [-0.2, 0) is 15.4 Å². The molecule has 0 aliphatic carbocycles. The van der Waals surface area contributed by atoms with Crippen molar-refractivity contribution >= 4 is 21.3 Å². The van der Waals surface area contributed by atoms with Gasteiger partial charge in [0.15, 0.2) is 11.3 Å². The number of rotatable bonds is 3.